The van der Waals surface area contributed by atoms with Gasteiger partial charge in [-0.2, -0.15) is 0 Å². The zero-order valence-corrected chi connectivity index (χ0v) is 17.8. The van der Waals surface area contributed by atoms with E-state index in [2.05, 4.69) is 33.8 Å². The van der Waals surface area contributed by atoms with E-state index in [1.54, 1.807) is 6.20 Å². The fourth-order valence-corrected chi connectivity index (χ4v) is 3.09. The van der Waals surface area contributed by atoms with E-state index in [4.69, 9.17) is 4.74 Å². The van der Waals surface area contributed by atoms with Crippen LogP contribution in [0.1, 0.15) is 28.2 Å². The van der Waals surface area contributed by atoms with E-state index in [0.29, 0.717) is 31.9 Å². The monoisotopic (exact) mass is 416 g/mol. The van der Waals surface area contributed by atoms with Gasteiger partial charge in [0, 0.05) is 36.8 Å². The Kier molecular flexibility index (Phi) is 7.79. The van der Waals surface area contributed by atoms with Crippen molar-refractivity contribution >= 4 is 5.69 Å². The molecule has 2 aromatic carbocycles. The molecule has 0 saturated heterocycles. The highest BCUT2D eigenvalue weighted by molar-refractivity contribution is 5.48. The first-order valence-corrected chi connectivity index (χ1v) is 10.1. The number of benzene rings is 2. The number of aliphatic hydroxyl groups is 1. The Hall–Kier alpha value is -3.64. The summed E-state index contributed by atoms with van der Waals surface area (Å²) in [6, 6.07) is 18.0. The quantitative estimate of drug-likeness (QED) is 0.400. The molecule has 0 radical (unpaired) electrons. The summed E-state index contributed by atoms with van der Waals surface area (Å²) in [4.78, 5) is 9.11. The molecule has 0 unspecified atom stereocenters. The molecule has 0 amide bonds. The lowest BCUT2D eigenvalue weighted by Crippen LogP contribution is -2.13. The zero-order valence-electron chi connectivity index (χ0n) is 17.8. The number of allylic oxidation sites excluding steroid dienone is 1. The molecular weight excluding hydrogens is 388 g/mol. The molecule has 0 aliphatic rings. The van der Waals surface area contributed by atoms with Gasteiger partial charge in [-0.05, 0) is 36.9 Å². The van der Waals surface area contributed by atoms with Crippen molar-refractivity contribution in [3.8, 4) is 0 Å². The molecule has 1 aromatic heterocycles. The minimum Gasteiger partial charge on any atom is -0.513 e. The molecule has 31 heavy (non-hydrogen) atoms. The minimum atomic E-state index is 0.103. The van der Waals surface area contributed by atoms with Gasteiger partial charge in [-0.3, -0.25) is 0 Å². The van der Waals surface area contributed by atoms with Crippen LogP contribution in [0.25, 0.3) is 0 Å². The van der Waals surface area contributed by atoms with Gasteiger partial charge in [0.05, 0.1) is 11.5 Å². The van der Waals surface area contributed by atoms with Gasteiger partial charge in [-0.15, -0.1) is 0 Å². The Labute approximate surface area is 183 Å². The number of anilines is 1. The lowest BCUT2D eigenvalue weighted by atomic mass is 10.1. The summed E-state index contributed by atoms with van der Waals surface area (Å²) < 4.78 is 5.68. The molecule has 0 spiro atoms. The normalized spacial score (nSPS) is 10.5. The van der Waals surface area contributed by atoms with Crippen molar-refractivity contribution < 1.29 is 9.84 Å². The predicted octanol–water partition coefficient (Wildman–Crippen LogP) is 4.50. The lowest BCUT2D eigenvalue weighted by molar-refractivity contribution is 0.205. The molecule has 0 aliphatic heterocycles. The molecule has 3 rings (SSSR count). The van der Waals surface area contributed by atoms with Gasteiger partial charge in [0.1, 0.15) is 12.4 Å². The van der Waals surface area contributed by atoms with E-state index in [9.17, 15) is 5.11 Å². The molecular formula is C25H28N4O2. The zero-order chi connectivity index (χ0) is 22.1. The van der Waals surface area contributed by atoms with Crippen molar-refractivity contribution in [1.29, 1.82) is 0 Å². The summed E-state index contributed by atoms with van der Waals surface area (Å²) in [5.74, 6) is 1.33. The Balaban J connectivity index is 1.58. The van der Waals surface area contributed by atoms with Crippen LogP contribution in [0, 0.1) is 0 Å². The van der Waals surface area contributed by atoms with Gasteiger partial charge >= 0.3 is 0 Å². The second-order valence-electron chi connectivity index (χ2n) is 7.23. The first-order chi connectivity index (χ1) is 15.0. The van der Waals surface area contributed by atoms with Gasteiger partial charge in [-0.25, -0.2) is 9.97 Å². The number of ether oxygens (including phenoxy) is 1. The molecule has 0 fully saturated rings. The third-order valence-corrected chi connectivity index (χ3v) is 4.60. The molecule has 160 valence electrons. The number of hydrogen-bond acceptors (Lipinski definition) is 6. The van der Waals surface area contributed by atoms with Crippen LogP contribution in [0.3, 0.4) is 0 Å². The van der Waals surface area contributed by atoms with Crippen LogP contribution in [0.2, 0.25) is 0 Å². The second kappa shape index (κ2) is 10.9. The van der Waals surface area contributed by atoms with Gasteiger partial charge in [0.15, 0.2) is 5.88 Å². The van der Waals surface area contributed by atoms with Crippen molar-refractivity contribution in [2.45, 2.75) is 26.0 Å². The van der Waals surface area contributed by atoms with E-state index in [1.807, 2.05) is 61.6 Å². The summed E-state index contributed by atoms with van der Waals surface area (Å²) >= 11 is 0. The summed E-state index contributed by atoms with van der Waals surface area (Å²) in [7, 11) is 1.86. The van der Waals surface area contributed by atoms with Gasteiger partial charge < -0.3 is 20.5 Å². The number of nitrogens with one attached hydrogen (secondary N) is 2. The van der Waals surface area contributed by atoms with Gasteiger partial charge in [-0.1, -0.05) is 49.0 Å². The summed E-state index contributed by atoms with van der Waals surface area (Å²) in [6.45, 7) is 8.56. The number of rotatable bonds is 11. The van der Waals surface area contributed by atoms with Crippen molar-refractivity contribution in [2.75, 3.05) is 12.4 Å². The first kappa shape index (κ1) is 22.1. The van der Waals surface area contributed by atoms with Crippen molar-refractivity contribution in [3.63, 3.8) is 0 Å². The first-order valence-electron chi connectivity index (χ1n) is 10.1. The van der Waals surface area contributed by atoms with Crippen LogP contribution in [0.4, 0.5) is 5.69 Å². The Morgan fingerprint density at radius 1 is 1.03 bits per heavy atom. The van der Waals surface area contributed by atoms with E-state index >= 15 is 0 Å². The lowest BCUT2D eigenvalue weighted by Gasteiger charge is -2.12. The highest BCUT2D eigenvalue weighted by Gasteiger charge is 2.09. The smallest absolute Gasteiger partial charge is 0.184 e. The highest BCUT2D eigenvalue weighted by Crippen LogP contribution is 2.16. The molecule has 0 aliphatic carbocycles. The largest absolute Gasteiger partial charge is 0.513 e. The molecule has 0 bridgehead atoms. The molecule has 0 saturated carbocycles. The summed E-state index contributed by atoms with van der Waals surface area (Å²) in [5, 5.41) is 15.8. The maximum Gasteiger partial charge on any atom is 0.184 e. The van der Waals surface area contributed by atoms with Crippen molar-refractivity contribution in [2.24, 2.45) is 0 Å². The van der Waals surface area contributed by atoms with Crippen LogP contribution in [-0.4, -0.2) is 22.1 Å². The van der Waals surface area contributed by atoms with E-state index in [1.165, 1.54) is 0 Å². The average molecular weight is 417 g/mol. The Morgan fingerprint density at radius 2 is 1.77 bits per heavy atom. The van der Waals surface area contributed by atoms with E-state index in [-0.39, 0.29) is 5.76 Å². The minimum absolute atomic E-state index is 0.103. The third kappa shape index (κ3) is 6.97. The van der Waals surface area contributed by atoms with E-state index < -0.39 is 0 Å². The number of nitrogens with zero attached hydrogens (tertiary/aromatic N) is 2. The number of aliphatic hydroxyl groups excluding tert-OH is 1. The van der Waals surface area contributed by atoms with Crippen LogP contribution in [-0.2, 0) is 30.7 Å². The van der Waals surface area contributed by atoms with Crippen molar-refractivity contribution in [1.82, 2.24) is 15.3 Å². The van der Waals surface area contributed by atoms with Gasteiger partial charge in [0.25, 0.3) is 0 Å². The fraction of sp³-hybridized carbons (Fsp3) is 0.200. The summed E-state index contributed by atoms with van der Waals surface area (Å²) in [5.41, 5.74) is 4.83. The van der Waals surface area contributed by atoms with Crippen LogP contribution in [0.15, 0.2) is 85.6 Å². The van der Waals surface area contributed by atoms with E-state index in [0.717, 1.165) is 33.9 Å². The SMILES string of the molecule is C=C(O)Cc1cnc(Cc2ccc(NC(=C)OCc3ccccc3)cc2)nc1CNC. The van der Waals surface area contributed by atoms with Crippen LogP contribution < -0.4 is 10.6 Å². The topological polar surface area (TPSA) is 79.3 Å². The Bertz CT molecular complexity index is 1020. The maximum absolute atomic E-state index is 9.49. The third-order valence-electron chi connectivity index (χ3n) is 4.60. The predicted molar refractivity (Wildman–Crippen MR) is 124 cm³/mol. The van der Waals surface area contributed by atoms with Crippen LogP contribution in [0.5, 0.6) is 0 Å². The second-order valence-corrected chi connectivity index (χ2v) is 7.23. The number of aromatic nitrogens is 2. The van der Waals surface area contributed by atoms with Gasteiger partial charge in [0.2, 0.25) is 0 Å². The maximum atomic E-state index is 9.49. The molecule has 1 heterocycles. The highest BCUT2D eigenvalue weighted by atomic mass is 16.5. The van der Waals surface area contributed by atoms with Crippen LogP contribution >= 0.6 is 0 Å². The number of hydrogen-bond donors (Lipinski definition) is 3. The molecule has 6 nitrogen and oxygen atoms in total. The fourth-order valence-electron chi connectivity index (χ4n) is 3.09. The average Bonchev–Trinajstić information content (AvgIpc) is 2.76. The molecule has 0 atom stereocenters. The molecule has 3 aromatic rings. The summed E-state index contributed by atoms with van der Waals surface area (Å²) in [6.07, 6.45) is 2.73. The standard InChI is InChI=1S/C25H28N4O2/c1-18(30)13-22-15-27-25(29-24(22)16-26-3)14-20-9-11-23(12-10-20)28-19(2)31-17-21-7-5-4-6-8-21/h4-12,15,26,28,30H,1-2,13-14,16-17H2,3H3. The molecule has 6 heteroatoms. The molecule has 3 N–H and O–H groups in total. The van der Waals surface area contributed by atoms with Crippen molar-refractivity contribution in [3.05, 3.63) is 114 Å². The Morgan fingerprint density at radius 3 is 2.45 bits per heavy atom.